The van der Waals surface area contributed by atoms with Gasteiger partial charge in [0, 0.05) is 41.6 Å². The van der Waals surface area contributed by atoms with Gasteiger partial charge in [-0.3, -0.25) is 9.67 Å². The zero-order valence-electron chi connectivity index (χ0n) is 15.6. The van der Waals surface area contributed by atoms with Gasteiger partial charge in [0.05, 0.1) is 4.70 Å². The summed E-state index contributed by atoms with van der Waals surface area (Å²) in [6.07, 6.45) is 0.150. The normalized spacial score (nSPS) is 11.7. The summed E-state index contributed by atoms with van der Waals surface area (Å²) in [5.41, 5.74) is 1.71. The van der Waals surface area contributed by atoms with Crippen LogP contribution in [-0.2, 0) is 12.7 Å². The second-order valence-electron chi connectivity index (χ2n) is 6.62. The molecule has 8 heteroatoms. The van der Waals surface area contributed by atoms with E-state index < -0.39 is 11.9 Å². The van der Waals surface area contributed by atoms with Crippen molar-refractivity contribution in [1.29, 1.82) is 5.26 Å². The molecule has 4 aromatic rings. The maximum atomic E-state index is 13.7. The van der Waals surface area contributed by atoms with Crippen molar-refractivity contribution in [3.63, 3.8) is 0 Å². The van der Waals surface area contributed by atoms with Crippen LogP contribution in [0.3, 0.4) is 0 Å². The minimum Gasteiger partial charge on any atom is -0.272 e. The lowest BCUT2D eigenvalue weighted by Crippen LogP contribution is -2.09. The van der Waals surface area contributed by atoms with E-state index in [4.69, 9.17) is 0 Å². The highest BCUT2D eigenvalue weighted by Crippen LogP contribution is 2.42. The summed E-state index contributed by atoms with van der Waals surface area (Å²) in [7, 11) is 0. The first-order valence-electron chi connectivity index (χ1n) is 8.85. The van der Waals surface area contributed by atoms with Crippen LogP contribution in [0.1, 0.15) is 23.1 Å². The second-order valence-corrected chi connectivity index (χ2v) is 7.70. The summed E-state index contributed by atoms with van der Waals surface area (Å²) >= 11 is 1.31. The molecule has 0 radical (unpaired) electrons. The van der Waals surface area contributed by atoms with E-state index in [9.17, 15) is 18.4 Å². The Bertz CT molecular complexity index is 1260. The highest BCUT2D eigenvalue weighted by atomic mass is 32.1. The number of nitrogens with zero attached hydrogens (tertiary/aromatic N) is 4. The Morgan fingerprint density at radius 2 is 1.90 bits per heavy atom. The van der Waals surface area contributed by atoms with Crippen LogP contribution in [-0.4, -0.2) is 14.8 Å². The van der Waals surface area contributed by atoms with Crippen LogP contribution < -0.4 is 0 Å². The fraction of sp³-hybridized carbons (Fsp3) is 0.190. The number of pyridine rings is 1. The second kappa shape index (κ2) is 7.01. The van der Waals surface area contributed by atoms with Gasteiger partial charge in [-0.25, -0.2) is 0 Å². The van der Waals surface area contributed by atoms with E-state index in [1.165, 1.54) is 22.2 Å². The molecule has 3 heterocycles. The van der Waals surface area contributed by atoms with E-state index in [1.807, 2.05) is 13.0 Å². The molecule has 0 atom stereocenters. The molecule has 0 unspecified atom stereocenters. The van der Waals surface area contributed by atoms with Crippen LogP contribution in [0, 0.1) is 18.3 Å². The molecule has 4 rings (SSSR count). The van der Waals surface area contributed by atoms with Crippen LogP contribution in [0.5, 0.6) is 0 Å². The Labute approximate surface area is 168 Å². The van der Waals surface area contributed by atoms with Crippen molar-refractivity contribution in [2.24, 2.45) is 0 Å². The first kappa shape index (κ1) is 19.2. The number of rotatable bonds is 3. The van der Waals surface area contributed by atoms with Gasteiger partial charge in [-0.2, -0.15) is 23.5 Å². The number of alkyl halides is 3. The highest BCUT2D eigenvalue weighted by Gasteiger charge is 2.38. The quantitative estimate of drug-likeness (QED) is 0.412. The zero-order chi connectivity index (χ0) is 20.8. The fourth-order valence-corrected chi connectivity index (χ4v) is 4.19. The summed E-state index contributed by atoms with van der Waals surface area (Å²) in [6, 6.07) is 9.26. The number of thiophene rings is 1. The van der Waals surface area contributed by atoms with Crippen molar-refractivity contribution >= 4 is 21.4 Å². The number of hydrogen-bond acceptors (Lipinski definition) is 4. The predicted octanol–water partition coefficient (Wildman–Crippen LogP) is 6.05. The number of benzene rings is 1. The maximum Gasteiger partial charge on any atom is 0.435 e. The van der Waals surface area contributed by atoms with Crippen molar-refractivity contribution in [2.75, 3.05) is 0 Å². The van der Waals surface area contributed by atoms with E-state index in [0.29, 0.717) is 28.1 Å². The molecule has 0 spiro atoms. The van der Waals surface area contributed by atoms with Gasteiger partial charge in [0.1, 0.15) is 10.9 Å². The molecule has 3 aromatic heterocycles. The number of halogens is 3. The molecule has 0 aliphatic rings. The zero-order valence-corrected chi connectivity index (χ0v) is 16.4. The Morgan fingerprint density at radius 3 is 2.59 bits per heavy atom. The lowest BCUT2D eigenvalue weighted by Gasteiger charge is -2.13. The fourth-order valence-electron chi connectivity index (χ4n) is 3.34. The van der Waals surface area contributed by atoms with E-state index in [1.54, 1.807) is 37.5 Å². The first-order chi connectivity index (χ1) is 13.8. The first-order valence-corrected chi connectivity index (χ1v) is 9.67. The lowest BCUT2D eigenvalue weighted by atomic mass is 9.92. The molecule has 0 N–H and O–H groups in total. The Hall–Kier alpha value is -3.18. The number of aromatic nitrogens is 3. The van der Waals surface area contributed by atoms with Gasteiger partial charge in [0.2, 0.25) is 0 Å². The summed E-state index contributed by atoms with van der Waals surface area (Å²) in [5, 5.41) is 13.8. The largest absolute Gasteiger partial charge is 0.435 e. The van der Waals surface area contributed by atoms with E-state index >= 15 is 0 Å². The molecule has 29 heavy (non-hydrogen) atoms. The molecule has 0 aliphatic carbocycles. The van der Waals surface area contributed by atoms with Crippen LogP contribution in [0.4, 0.5) is 13.2 Å². The average molecular weight is 412 g/mol. The smallest absolute Gasteiger partial charge is 0.272 e. The van der Waals surface area contributed by atoms with Crippen LogP contribution in [0.2, 0.25) is 0 Å². The van der Waals surface area contributed by atoms with Crippen molar-refractivity contribution in [3.8, 4) is 28.3 Å². The third kappa shape index (κ3) is 3.38. The van der Waals surface area contributed by atoms with Gasteiger partial charge in [-0.05, 0) is 31.0 Å². The number of hydrogen-bond donors (Lipinski definition) is 0. The molecule has 0 saturated heterocycles. The van der Waals surface area contributed by atoms with Crippen LogP contribution in [0.15, 0.2) is 42.9 Å². The Morgan fingerprint density at radius 1 is 1.10 bits per heavy atom. The molecule has 146 valence electrons. The molecule has 4 nitrogen and oxygen atoms in total. The van der Waals surface area contributed by atoms with Crippen molar-refractivity contribution in [3.05, 3.63) is 59.0 Å². The molecular formula is C21H15F3N4S. The third-order valence-corrected chi connectivity index (χ3v) is 5.64. The van der Waals surface area contributed by atoms with Gasteiger partial charge in [-0.15, -0.1) is 11.3 Å². The van der Waals surface area contributed by atoms with Crippen molar-refractivity contribution in [1.82, 2.24) is 14.8 Å². The lowest BCUT2D eigenvalue weighted by molar-refractivity contribution is -0.141. The van der Waals surface area contributed by atoms with Gasteiger partial charge >= 0.3 is 6.18 Å². The molecular weight excluding hydrogens is 397 g/mol. The van der Waals surface area contributed by atoms with Crippen molar-refractivity contribution in [2.45, 2.75) is 26.6 Å². The summed E-state index contributed by atoms with van der Waals surface area (Å²) in [6.45, 7) is 3.91. The van der Waals surface area contributed by atoms with Gasteiger partial charge in [0.15, 0.2) is 5.69 Å². The van der Waals surface area contributed by atoms with Crippen LogP contribution in [0.25, 0.3) is 32.3 Å². The Kier molecular flexibility index (Phi) is 4.63. The van der Waals surface area contributed by atoms with Gasteiger partial charge < -0.3 is 0 Å². The molecule has 0 saturated carbocycles. The number of nitriles is 1. The van der Waals surface area contributed by atoms with Gasteiger partial charge in [0.25, 0.3) is 0 Å². The molecule has 0 amide bonds. The van der Waals surface area contributed by atoms with Gasteiger partial charge in [-0.1, -0.05) is 23.8 Å². The Balaban J connectivity index is 2.03. The topological polar surface area (TPSA) is 54.5 Å². The molecule has 0 fully saturated rings. The summed E-state index contributed by atoms with van der Waals surface area (Å²) < 4.78 is 43.2. The number of aryl methyl sites for hydroxylation is 2. The monoisotopic (exact) mass is 412 g/mol. The minimum atomic E-state index is -4.57. The SMILES string of the molecule is CCn1cc(-c2cc(C)ccc2-c2cncc3sc(C#N)cc23)c(C(F)(F)F)n1. The van der Waals surface area contributed by atoms with E-state index in [0.717, 1.165) is 15.6 Å². The van der Waals surface area contributed by atoms with Crippen molar-refractivity contribution < 1.29 is 13.2 Å². The average Bonchev–Trinajstić information content (AvgIpc) is 3.31. The van der Waals surface area contributed by atoms with E-state index in [-0.39, 0.29) is 5.56 Å². The molecule has 1 aromatic carbocycles. The highest BCUT2D eigenvalue weighted by molar-refractivity contribution is 7.19. The number of fused-ring (bicyclic) bond motifs is 1. The maximum absolute atomic E-state index is 13.7. The minimum absolute atomic E-state index is 0.0331. The summed E-state index contributed by atoms with van der Waals surface area (Å²) in [5.74, 6) is 0. The molecule has 0 aliphatic heterocycles. The summed E-state index contributed by atoms with van der Waals surface area (Å²) in [4.78, 5) is 4.77. The predicted molar refractivity (Wildman–Crippen MR) is 106 cm³/mol. The standard InChI is InChI=1S/C21H15F3N4S/c1-3-28-11-18(20(27-28)21(22,23)24)15-6-12(2)4-5-14(15)17-9-26-10-19-16(17)7-13(8-25)29-19/h4-7,9-11H,3H2,1-2H3. The van der Waals surface area contributed by atoms with E-state index in [2.05, 4.69) is 16.2 Å². The van der Waals surface area contributed by atoms with Crippen LogP contribution >= 0.6 is 11.3 Å². The third-order valence-electron chi connectivity index (χ3n) is 4.67. The molecule has 0 bridgehead atoms.